The van der Waals surface area contributed by atoms with Gasteiger partial charge in [-0.1, -0.05) is 6.07 Å². The van der Waals surface area contributed by atoms with Crippen molar-refractivity contribution >= 4 is 23.0 Å². The minimum absolute atomic E-state index is 0.119. The van der Waals surface area contributed by atoms with Crippen LogP contribution in [0, 0.1) is 6.92 Å². The van der Waals surface area contributed by atoms with Crippen molar-refractivity contribution < 1.29 is 9.47 Å². The molecular formula is C27H26N4O2S. The normalized spacial score (nSPS) is 17.5. The van der Waals surface area contributed by atoms with Crippen LogP contribution < -0.4 is 19.7 Å². The first-order valence-corrected chi connectivity index (χ1v) is 11.5. The van der Waals surface area contributed by atoms with Gasteiger partial charge in [0.1, 0.15) is 17.5 Å². The predicted octanol–water partition coefficient (Wildman–Crippen LogP) is 5.38. The van der Waals surface area contributed by atoms with Gasteiger partial charge in [-0.15, -0.1) is 0 Å². The SMILES string of the molecule is COc1ccc(N2C(=S)N[C@H](c3ccccn3)[C@H]2c2ccc(C)n2-c2ccc(OC)cc2)cc1. The molecule has 0 unspecified atom stereocenters. The molecule has 0 radical (unpaired) electrons. The maximum absolute atomic E-state index is 5.87. The van der Waals surface area contributed by atoms with Gasteiger partial charge in [0.15, 0.2) is 5.11 Å². The molecule has 2 aromatic carbocycles. The summed E-state index contributed by atoms with van der Waals surface area (Å²) in [4.78, 5) is 6.83. The Morgan fingerprint density at radius 2 is 1.47 bits per heavy atom. The second-order valence-electron chi connectivity index (χ2n) is 8.13. The van der Waals surface area contributed by atoms with Crippen molar-refractivity contribution in [2.75, 3.05) is 19.1 Å². The zero-order valence-corrected chi connectivity index (χ0v) is 20.1. The standard InChI is InChI=1S/C27H26N4O2S/c1-18-7-16-24(30(18)19-8-12-21(32-2)13-9-19)26-25(23-6-4-5-17-28-23)29-27(34)31(26)20-10-14-22(33-3)15-11-20/h4-17,25-26H,1-3H3,(H,29,34)/t25-,26-/m1/s1. The van der Waals surface area contributed by atoms with E-state index in [9.17, 15) is 0 Å². The van der Waals surface area contributed by atoms with Gasteiger partial charge in [0.2, 0.25) is 0 Å². The molecule has 5 rings (SSSR count). The van der Waals surface area contributed by atoms with Crippen LogP contribution in [0.15, 0.2) is 85.1 Å². The minimum atomic E-state index is -0.123. The first-order chi connectivity index (χ1) is 16.6. The monoisotopic (exact) mass is 470 g/mol. The van der Waals surface area contributed by atoms with Gasteiger partial charge < -0.3 is 24.3 Å². The van der Waals surface area contributed by atoms with Gasteiger partial charge in [-0.25, -0.2) is 0 Å². The number of methoxy groups -OCH3 is 2. The number of aromatic nitrogens is 2. The molecule has 2 atom stereocenters. The average Bonchev–Trinajstić information content (AvgIpc) is 3.44. The topological polar surface area (TPSA) is 51.5 Å². The third-order valence-electron chi connectivity index (χ3n) is 6.19. The van der Waals surface area contributed by atoms with E-state index in [1.54, 1.807) is 14.2 Å². The Labute approximate surface area is 204 Å². The van der Waals surface area contributed by atoms with Crippen LogP contribution in [0.3, 0.4) is 0 Å². The number of rotatable bonds is 6. The highest BCUT2D eigenvalue weighted by atomic mass is 32.1. The molecule has 0 saturated carbocycles. The number of nitrogens with one attached hydrogen (secondary N) is 1. The van der Waals surface area contributed by atoms with E-state index in [-0.39, 0.29) is 12.1 Å². The van der Waals surface area contributed by atoms with Crippen LogP contribution in [-0.2, 0) is 0 Å². The maximum Gasteiger partial charge on any atom is 0.174 e. The quantitative estimate of drug-likeness (QED) is 0.382. The number of aryl methyl sites for hydroxylation is 1. The predicted molar refractivity (Wildman–Crippen MR) is 138 cm³/mol. The lowest BCUT2D eigenvalue weighted by molar-refractivity contribution is 0.414. The summed E-state index contributed by atoms with van der Waals surface area (Å²) in [5.41, 5.74) is 5.23. The Bertz CT molecular complexity index is 1290. The van der Waals surface area contributed by atoms with Crippen molar-refractivity contribution in [3.8, 4) is 17.2 Å². The van der Waals surface area contributed by atoms with Crippen LogP contribution >= 0.6 is 12.2 Å². The summed E-state index contributed by atoms with van der Waals surface area (Å²) in [5.74, 6) is 1.63. The fourth-order valence-corrected chi connectivity index (χ4v) is 4.90. The number of hydrogen-bond acceptors (Lipinski definition) is 4. The largest absolute Gasteiger partial charge is 0.497 e. The molecule has 7 heteroatoms. The van der Waals surface area contributed by atoms with Gasteiger partial charge in [0.05, 0.1) is 26.0 Å². The highest BCUT2D eigenvalue weighted by molar-refractivity contribution is 7.80. The van der Waals surface area contributed by atoms with Crippen molar-refractivity contribution in [2.45, 2.75) is 19.0 Å². The van der Waals surface area contributed by atoms with E-state index in [2.05, 4.69) is 51.0 Å². The molecule has 34 heavy (non-hydrogen) atoms. The van der Waals surface area contributed by atoms with Crippen molar-refractivity contribution in [1.29, 1.82) is 0 Å². The zero-order chi connectivity index (χ0) is 23.7. The Kier molecular flexibility index (Phi) is 5.94. The van der Waals surface area contributed by atoms with Crippen molar-refractivity contribution in [3.63, 3.8) is 0 Å². The Morgan fingerprint density at radius 1 is 0.824 bits per heavy atom. The summed E-state index contributed by atoms with van der Waals surface area (Å²) in [6.07, 6.45) is 1.82. The van der Waals surface area contributed by atoms with E-state index in [1.807, 2.05) is 60.8 Å². The van der Waals surface area contributed by atoms with E-state index in [0.29, 0.717) is 5.11 Å². The smallest absolute Gasteiger partial charge is 0.174 e. The first kappa shape index (κ1) is 22.0. The van der Waals surface area contributed by atoms with E-state index in [4.69, 9.17) is 21.7 Å². The van der Waals surface area contributed by atoms with Gasteiger partial charge in [0.25, 0.3) is 0 Å². The lowest BCUT2D eigenvalue weighted by Gasteiger charge is -2.29. The summed E-state index contributed by atoms with van der Waals surface area (Å²) in [6, 6.07) is 26.1. The van der Waals surface area contributed by atoms with Gasteiger partial charge >= 0.3 is 0 Å². The Balaban J connectivity index is 1.66. The van der Waals surface area contributed by atoms with Gasteiger partial charge in [-0.3, -0.25) is 4.98 Å². The highest BCUT2D eigenvalue weighted by Gasteiger charge is 2.42. The van der Waals surface area contributed by atoms with E-state index < -0.39 is 0 Å². The van der Waals surface area contributed by atoms with Crippen LogP contribution in [-0.4, -0.2) is 28.9 Å². The molecule has 1 saturated heterocycles. The van der Waals surface area contributed by atoms with Crippen molar-refractivity contribution in [1.82, 2.24) is 14.9 Å². The molecule has 1 fully saturated rings. The number of anilines is 1. The molecule has 1 aliphatic heterocycles. The number of benzene rings is 2. The summed E-state index contributed by atoms with van der Waals surface area (Å²) in [7, 11) is 3.35. The van der Waals surface area contributed by atoms with Crippen LogP contribution in [0.5, 0.6) is 11.5 Å². The lowest BCUT2D eigenvalue weighted by Crippen LogP contribution is -2.30. The first-order valence-electron chi connectivity index (χ1n) is 11.1. The molecule has 0 spiro atoms. The molecule has 172 valence electrons. The Morgan fingerprint density at radius 3 is 2.06 bits per heavy atom. The number of thiocarbonyl (C=S) groups is 1. The molecule has 4 aromatic rings. The Hall–Kier alpha value is -3.84. The van der Waals surface area contributed by atoms with Crippen LogP contribution in [0.1, 0.15) is 29.2 Å². The van der Waals surface area contributed by atoms with E-state index >= 15 is 0 Å². The average molecular weight is 471 g/mol. The summed E-state index contributed by atoms with van der Waals surface area (Å²) < 4.78 is 13.0. The summed E-state index contributed by atoms with van der Waals surface area (Å²) in [6.45, 7) is 2.11. The molecule has 0 aliphatic carbocycles. The highest BCUT2D eigenvalue weighted by Crippen LogP contribution is 2.43. The molecule has 3 heterocycles. The molecule has 1 N–H and O–H groups in total. The van der Waals surface area contributed by atoms with Crippen molar-refractivity contribution in [2.24, 2.45) is 0 Å². The minimum Gasteiger partial charge on any atom is -0.497 e. The maximum atomic E-state index is 5.87. The summed E-state index contributed by atoms with van der Waals surface area (Å²) >= 11 is 5.87. The van der Waals surface area contributed by atoms with Crippen LogP contribution in [0.25, 0.3) is 5.69 Å². The number of nitrogens with zero attached hydrogens (tertiary/aromatic N) is 3. The molecule has 1 aliphatic rings. The lowest BCUT2D eigenvalue weighted by atomic mass is 10.0. The fraction of sp³-hybridized carbons (Fsp3) is 0.185. The van der Waals surface area contributed by atoms with Gasteiger partial charge in [-0.05, 0) is 91.9 Å². The zero-order valence-electron chi connectivity index (χ0n) is 19.3. The second-order valence-corrected chi connectivity index (χ2v) is 8.51. The molecular weight excluding hydrogens is 444 g/mol. The van der Waals surface area contributed by atoms with Crippen LogP contribution in [0.2, 0.25) is 0 Å². The second kappa shape index (κ2) is 9.19. The van der Waals surface area contributed by atoms with Gasteiger partial charge in [0, 0.05) is 29.0 Å². The van der Waals surface area contributed by atoms with Gasteiger partial charge in [-0.2, -0.15) is 0 Å². The molecule has 0 bridgehead atoms. The third kappa shape index (κ3) is 3.88. The van der Waals surface area contributed by atoms with Crippen molar-refractivity contribution in [3.05, 3.63) is 102 Å². The van der Waals surface area contributed by atoms with Crippen LogP contribution in [0.4, 0.5) is 5.69 Å². The van der Waals surface area contributed by atoms with E-state index in [0.717, 1.165) is 40.0 Å². The number of hydrogen-bond donors (Lipinski definition) is 1. The molecule has 0 amide bonds. The van der Waals surface area contributed by atoms with E-state index in [1.165, 1.54) is 0 Å². The number of ether oxygens (including phenoxy) is 2. The fourth-order valence-electron chi connectivity index (χ4n) is 4.55. The summed E-state index contributed by atoms with van der Waals surface area (Å²) in [5, 5.41) is 4.19. The molecule has 6 nitrogen and oxygen atoms in total. The third-order valence-corrected chi connectivity index (χ3v) is 6.50. The number of pyridine rings is 1. The molecule has 2 aromatic heterocycles.